The van der Waals surface area contributed by atoms with Crippen molar-refractivity contribution in [2.45, 2.75) is 31.0 Å². The zero-order chi connectivity index (χ0) is 13.4. The predicted octanol–water partition coefficient (Wildman–Crippen LogP) is 2.70. The van der Waals surface area contributed by atoms with Crippen molar-refractivity contribution in [2.24, 2.45) is 0 Å². The van der Waals surface area contributed by atoms with Gasteiger partial charge in [0.1, 0.15) is 5.54 Å². The number of amides is 1. The van der Waals surface area contributed by atoms with Crippen molar-refractivity contribution in [3.63, 3.8) is 0 Å². The van der Waals surface area contributed by atoms with Gasteiger partial charge in [-0.2, -0.15) is 13.2 Å². The van der Waals surface area contributed by atoms with E-state index in [2.05, 4.69) is 5.32 Å². The normalized spacial score (nSPS) is 25.3. The molecule has 98 valence electrons. The molecule has 1 fully saturated rings. The fourth-order valence-electron chi connectivity index (χ4n) is 2.72. The van der Waals surface area contributed by atoms with Crippen molar-refractivity contribution in [2.75, 3.05) is 0 Å². The Bertz CT molecular complexity index is 642. The molecule has 0 atom stereocenters. The molecule has 1 N–H and O–H groups in total. The molecule has 5 heteroatoms. The number of nitrogens with one attached hydrogen (secondary N) is 1. The number of carbonyl (C=O) groups is 1. The lowest BCUT2D eigenvalue weighted by atomic mass is 10.0. The van der Waals surface area contributed by atoms with Gasteiger partial charge in [0.25, 0.3) is 5.91 Å². The highest BCUT2D eigenvalue weighted by molar-refractivity contribution is 6.03. The Balaban J connectivity index is 1.53. The Morgan fingerprint density at radius 2 is 1.95 bits per heavy atom. The Morgan fingerprint density at radius 3 is 2.58 bits per heavy atom. The summed E-state index contributed by atoms with van der Waals surface area (Å²) >= 11 is 0. The maximum Gasteiger partial charge on any atom is 0.411 e. The molecule has 0 spiro atoms. The standard InChI is InChI=1S/C14H10F3NO/c15-14(16,17)13(3-4-13)18-12(19)9-2-1-8-10-5-7(10)6-11(8)9/h1-2,6H,3-5H2,(H,18,19). The molecule has 0 heterocycles. The van der Waals surface area contributed by atoms with Crippen LogP contribution in [0, 0.1) is 0 Å². The molecule has 0 aromatic heterocycles. The first-order valence-corrected chi connectivity index (χ1v) is 6.17. The van der Waals surface area contributed by atoms with Gasteiger partial charge in [-0.1, -0.05) is 6.08 Å². The van der Waals surface area contributed by atoms with Crippen molar-refractivity contribution in [3.05, 3.63) is 46.1 Å². The smallest absolute Gasteiger partial charge is 0.338 e. The van der Waals surface area contributed by atoms with Crippen molar-refractivity contribution < 1.29 is 18.0 Å². The van der Waals surface area contributed by atoms with Gasteiger partial charge in [0.05, 0.1) is 0 Å². The van der Waals surface area contributed by atoms with Crippen LogP contribution in [-0.2, 0) is 4.79 Å². The summed E-state index contributed by atoms with van der Waals surface area (Å²) in [5.74, 6) is -0.616. The molecular weight excluding hydrogens is 255 g/mol. The Labute approximate surface area is 107 Å². The second-order valence-corrected chi connectivity index (χ2v) is 5.43. The van der Waals surface area contributed by atoms with E-state index in [1.165, 1.54) is 11.1 Å². The average molecular weight is 265 g/mol. The van der Waals surface area contributed by atoms with E-state index >= 15 is 0 Å². The van der Waals surface area contributed by atoms with Gasteiger partial charge in [-0.05, 0) is 53.7 Å². The van der Waals surface area contributed by atoms with E-state index < -0.39 is 17.6 Å². The molecule has 4 rings (SSSR count). The largest absolute Gasteiger partial charge is 0.411 e. The minimum atomic E-state index is -4.37. The fourth-order valence-corrected chi connectivity index (χ4v) is 2.72. The van der Waals surface area contributed by atoms with Crippen LogP contribution in [0.2, 0.25) is 0 Å². The molecule has 0 saturated heterocycles. The fraction of sp³-hybridized carbons (Fsp3) is 0.357. The molecule has 1 amide bonds. The summed E-state index contributed by atoms with van der Waals surface area (Å²) in [6.45, 7) is 0. The molecule has 4 aliphatic rings. The zero-order valence-corrected chi connectivity index (χ0v) is 9.90. The summed E-state index contributed by atoms with van der Waals surface area (Å²) in [5, 5.41) is 2.17. The maximum atomic E-state index is 12.8. The summed E-state index contributed by atoms with van der Waals surface area (Å²) in [6.07, 6.45) is 1.88. The number of rotatable bonds is 2. The number of allylic oxidation sites excluding steroid dienone is 6. The van der Waals surface area contributed by atoms with E-state index in [1.54, 1.807) is 6.08 Å². The van der Waals surface area contributed by atoms with Crippen LogP contribution in [0.25, 0.3) is 0 Å². The van der Waals surface area contributed by atoms with Gasteiger partial charge in [-0.3, -0.25) is 4.79 Å². The van der Waals surface area contributed by atoms with Gasteiger partial charge in [0.2, 0.25) is 0 Å². The molecule has 0 aliphatic heterocycles. The number of fused-ring (bicyclic) bond motifs is 2. The van der Waals surface area contributed by atoms with Crippen LogP contribution in [0.1, 0.15) is 19.3 Å². The lowest BCUT2D eigenvalue weighted by Gasteiger charge is -2.21. The number of hydrogen-bond donors (Lipinski definition) is 1. The van der Waals surface area contributed by atoms with E-state index in [1.807, 2.05) is 12.2 Å². The summed E-state index contributed by atoms with van der Waals surface area (Å²) < 4.78 is 38.4. The highest BCUT2D eigenvalue weighted by atomic mass is 19.4. The van der Waals surface area contributed by atoms with Crippen LogP contribution >= 0.6 is 0 Å². The summed E-state index contributed by atoms with van der Waals surface area (Å²) in [5.41, 5.74) is 2.60. The van der Waals surface area contributed by atoms with Gasteiger partial charge < -0.3 is 5.32 Å². The molecule has 2 nitrogen and oxygen atoms in total. The van der Waals surface area contributed by atoms with Crippen molar-refractivity contribution in [3.8, 4) is 0 Å². The number of carbonyl (C=O) groups excluding carboxylic acids is 1. The quantitative estimate of drug-likeness (QED) is 0.817. The van der Waals surface area contributed by atoms with E-state index in [9.17, 15) is 18.0 Å². The van der Waals surface area contributed by atoms with E-state index in [0.29, 0.717) is 5.57 Å². The average Bonchev–Trinajstić information content (AvgIpc) is 3.18. The third-order valence-corrected chi connectivity index (χ3v) is 4.16. The van der Waals surface area contributed by atoms with Gasteiger partial charge >= 0.3 is 6.18 Å². The maximum absolute atomic E-state index is 12.8. The first kappa shape index (κ1) is 11.1. The Hall–Kier alpha value is -1.78. The van der Waals surface area contributed by atoms with Gasteiger partial charge in [0, 0.05) is 5.57 Å². The zero-order valence-electron chi connectivity index (χ0n) is 9.90. The van der Waals surface area contributed by atoms with Crippen molar-refractivity contribution in [1.82, 2.24) is 5.32 Å². The predicted molar refractivity (Wildman–Crippen MR) is 62.1 cm³/mol. The Morgan fingerprint density at radius 1 is 1.21 bits per heavy atom. The minimum Gasteiger partial charge on any atom is -0.338 e. The Kier molecular flexibility index (Phi) is 1.77. The molecule has 0 unspecified atom stereocenters. The molecule has 0 radical (unpaired) electrons. The minimum absolute atomic E-state index is 0.0242. The van der Waals surface area contributed by atoms with E-state index in [4.69, 9.17) is 0 Å². The second-order valence-electron chi connectivity index (χ2n) is 5.43. The molecule has 19 heavy (non-hydrogen) atoms. The topological polar surface area (TPSA) is 29.1 Å². The first-order chi connectivity index (χ1) is 8.91. The van der Waals surface area contributed by atoms with E-state index in [-0.39, 0.29) is 12.8 Å². The van der Waals surface area contributed by atoms with Gasteiger partial charge in [-0.15, -0.1) is 0 Å². The lowest BCUT2D eigenvalue weighted by Crippen LogP contribution is -2.48. The van der Waals surface area contributed by atoms with Gasteiger partial charge in [-0.25, -0.2) is 0 Å². The number of alkyl halides is 3. The number of hydrogen-bond acceptors (Lipinski definition) is 1. The van der Waals surface area contributed by atoms with E-state index in [0.717, 1.165) is 17.6 Å². The van der Waals surface area contributed by atoms with Crippen LogP contribution < -0.4 is 5.32 Å². The SMILES string of the molecule is O=C(NC1(C(F)(F)F)CC1)C1=CC=C2C1=CC1=C2C1. The molecular formula is C14H10F3NO. The molecule has 0 aromatic carbocycles. The third kappa shape index (κ3) is 1.41. The second kappa shape index (κ2) is 3.03. The molecule has 1 saturated carbocycles. The van der Waals surface area contributed by atoms with Crippen LogP contribution in [-0.4, -0.2) is 17.6 Å². The first-order valence-electron chi connectivity index (χ1n) is 6.17. The molecule has 0 bridgehead atoms. The summed E-state index contributed by atoms with van der Waals surface area (Å²) in [7, 11) is 0. The molecule has 0 aromatic rings. The summed E-state index contributed by atoms with van der Waals surface area (Å²) in [6, 6.07) is 0. The van der Waals surface area contributed by atoms with Crippen LogP contribution in [0.15, 0.2) is 46.1 Å². The monoisotopic (exact) mass is 265 g/mol. The van der Waals surface area contributed by atoms with Crippen LogP contribution in [0.4, 0.5) is 13.2 Å². The highest BCUT2D eigenvalue weighted by Crippen LogP contribution is 2.53. The third-order valence-electron chi connectivity index (χ3n) is 4.16. The van der Waals surface area contributed by atoms with Crippen molar-refractivity contribution in [1.29, 1.82) is 0 Å². The van der Waals surface area contributed by atoms with Gasteiger partial charge in [0.15, 0.2) is 0 Å². The van der Waals surface area contributed by atoms with Crippen LogP contribution in [0.5, 0.6) is 0 Å². The summed E-state index contributed by atoms with van der Waals surface area (Å²) in [4.78, 5) is 12.0. The lowest BCUT2D eigenvalue weighted by molar-refractivity contribution is -0.169. The highest BCUT2D eigenvalue weighted by Gasteiger charge is 2.64. The van der Waals surface area contributed by atoms with Crippen molar-refractivity contribution >= 4 is 5.91 Å². The van der Waals surface area contributed by atoms with Crippen LogP contribution in [0.3, 0.4) is 0 Å². The number of halogens is 3. The molecule has 4 aliphatic carbocycles.